The predicted molar refractivity (Wildman–Crippen MR) is 168 cm³/mol. The van der Waals surface area contributed by atoms with Gasteiger partial charge in [-0.2, -0.15) is 0 Å². The molecule has 0 aliphatic rings. The minimum Gasteiger partial charge on any atom is -0.310 e. The molecule has 0 bridgehead atoms. The van der Waals surface area contributed by atoms with Crippen molar-refractivity contribution >= 4 is 70.4 Å². The highest BCUT2D eigenvalue weighted by Crippen LogP contribution is 2.46. The Kier molecular flexibility index (Phi) is 5.04. The third-order valence-corrected chi connectivity index (χ3v) is 8.76. The smallest absolute Gasteiger partial charge is 0.0640 e. The van der Waals surface area contributed by atoms with Crippen molar-refractivity contribution in [2.45, 2.75) is 0 Å². The zero-order valence-electron chi connectivity index (χ0n) is 21.2. The second-order valence-corrected chi connectivity index (χ2v) is 10.8. The maximum absolute atomic E-state index is 2.44. The number of hydrogen-bond acceptors (Lipinski definition) is 2. The molecule has 0 saturated heterocycles. The van der Waals surface area contributed by atoms with Crippen LogP contribution in [0.1, 0.15) is 0 Å². The molecule has 0 spiro atoms. The van der Waals surface area contributed by atoms with Gasteiger partial charge in [-0.25, -0.2) is 0 Å². The minimum absolute atomic E-state index is 1.15. The largest absolute Gasteiger partial charge is 0.310 e. The molecule has 2 nitrogen and oxygen atoms in total. The quantitative estimate of drug-likeness (QED) is 0.226. The number of nitrogens with zero attached hydrogens (tertiary/aromatic N) is 2. The monoisotopic (exact) mass is 516 g/mol. The molecule has 184 valence electrons. The average Bonchev–Trinajstić information content (AvgIpc) is 3.55. The predicted octanol–water partition coefficient (Wildman–Crippen LogP) is 10.6. The van der Waals surface area contributed by atoms with E-state index in [2.05, 4.69) is 155 Å². The fraction of sp³-hybridized carbons (Fsp3) is 0. The van der Waals surface area contributed by atoms with E-state index in [1.165, 1.54) is 53.4 Å². The lowest BCUT2D eigenvalue weighted by Crippen LogP contribution is -2.09. The highest BCUT2D eigenvalue weighted by Gasteiger charge is 2.20. The zero-order valence-corrected chi connectivity index (χ0v) is 22.0. The minimum atomic E-state index is 1.15. The van der Waals surface area contributed by atoms with Crippen molar-refractivity contribution in [3.05, 3.63) is 146 Å². The maximum Gasteiger partial charge on any atom is 0.0640 e. The van der Waals surface area contributed by atoms with Crippen LogP contribution in [0, 0.1) is 0 Å². The maximum atomic E-state index is 2.44. The van der Waals surface area contributed by atoms with Crippen LogP contribution in [-0.2, 0) is 0 Å². The highest BCUT2D eigenvalue weighted by molar-refractivity contribution is 7.26. The summed E-state index contributed by atoms with van der Waals surface area (Å²) in [7, 11) is 0. The molecule has 0 unspecified atom stereocenters. The first-order valence-corrected chi connectivity index (χ1v) is 14.0. The van der Waals surface area contributed by atoms with E-state index >= 15 is 0 Å². The van der Waals surface area contributed by atoms with Crippen molar-refractivity contribution in [2.24, 2.45) is 0 Å². The van der Waals surface area contributed by atoms with E-state index in [-0.39, 0.29) is 0 Å². The average molecular weight is 517 g/mol. The highest BCUT2D eigenvalue weighted by atomic mass is 32.1. The van der Waals surface area contributed by atoms with Gasteiger partial charge in [0.2, 0.25) is 0 Å². The van der Waals surface area contributed by atoms with Crippen molar-refractivity contribution in [1.82, 2.24) is 4.57 Å². The van der Waals surface area contributed by atoms with Crippen LogP contribution >= 0.6 is 11.3 Å². The second-order valence-electron chi connectivity index (χ2n) is 9.78. The van der Waals surface area contributed by atoms with Crippen LogP contribution in [0.3, 0.4) is 0 Å². The summed E-state index contributed by atoms with van der Waals surface area (Å²) in [5.74, 6) is 0. The van der Waals surface area contributed by atoms with Crippen LogP contribution < -0.4 is 4.90 Å². The number of aromatic nitrogens is 1. The van der Waals surface area contributed by atoms with Gasteiger partial charge in [0, 0.05) is 37.6 Å². The number of anilines is 3. The van der Waals surface area contributed by atoms with E-state index in [9.17, 15) is 0 Å². The molecule has 0 aliphatic carbocycles. The lowest BCUT2D eigenvalue weighted by Gasteiger charge is -2.26. The summed E-state index contributed by atoms with van der Waals surface area (Å²) in [6, 6.07) is 52.2. The van der Waals surface area contributed by atoms with Crippen LogP contribution in [0.2, 0.25) is 0 Å². The van der Waals surface area contributed by atoms with Crippen LogP contribution in [0.4, 0.5) is 17.1 Å². The van der Waals surface area contributed by atoms with E-state index in [0.29, 0.717) is 0 Å². The first-order valence-electron chi connectivity index (χ1n) is 13.2. The van der Waals surface area contributed by atoms with Gasteiger partial charge in [-0.3, -0.25) is 0 Å². The molecular weight excluding hydrogens is 492 g/mol. The van der Waals surface area contributed by atoms with Gasteiger partial charge in [-0.1, -0.05) is 91.0 Å². The molecule has 0 fully saturated rings. The van der Waals surface area contributed by atoms with Crippen LogP contribution in [0.15, 0.2) is 146 Å². The van der Waals surface area contributed by atoms with Gasteiger partial charge in [-0.05, 0) is 54.6 Å². The first-order chi connectivity index (χ1) is 19.4. The fourth-order valence-corrected chi connectivity index (χ4v) is 7.17. The van der Waals surface area contributed by atoms with Crippen molar-refractivity contribution < 1.29 is 0 Å². The lowest BCUT2D eigenvalue weighted by molar-refractivity contribution is 1.20. The molecule has 2 heterocycles. The molecular formula is C36H24N2S. The summed E-state index contributed by atoms with van der Waals surface area (Å²) in [5.41, 5.74) is 7.18. The summed E-state index contributed by atoms with van der Waals surface area (Å²) in [6.45, 7) is 0. The molecule has 8 aromatic rings. The molecule has 0 atom stereocenters. The Hall–Kier alpha value is -4.86. The standard InChI is InChI=1S/C36H24N2S/c1-3-13-25(14-4-1)37(26-15-5-2-6-16-26)32-22-12-24-34-35(32)29-19-11-23-33(36(29)39-34)38-30-20-9-7-17-27(30)28-18-8-10-21-31(28)38/h1-24H. The molecule has 0 saturated carbocycles. The Balaban J connectivity index is 1.45. The summed E-state index contributed by atoms with van der Waals surface area (Å²) < 4.78 is 5.02. The van der Waals surface area contributed by atoms with Crippen LogP contribution in [0.25, 0.3) is 47.7 Å². The molecule has 3 heteroatoms. The van der Waals surface area contributed by atoms with Gasteiger partial charge in [0.15, 0.2) is 0 Å². The van der Waals surface area contributed by atoms with Gasteiger partial charge >= 0.3 is 0 Å². The normalized spacial score (nSPS) is 11.6. The summed E-state index contributed by atoms with van der Waals surface area (Å²) in [4.78, 5) is 2.38. The zero-order chi connectivity index (χ0) is 25.8. The van der Waals surface area contributed by atoms with Crippen LogP contribution in [-0.4, -0.2) is 4.57 Å². The summed E-state index contributed by atoms with van der Waals surface area (Å²) in [5, 5.41) is 5.13. The summed E-state index contributed by atoms with van der Waals surface area (Å²) in [6.07, 6.45) is 0. The van der Waals surface area contributed by atoms with E-state index in [1.807, 2.05) is 11.3 Å². The molecule has 8 rings (SSSR count). The Labute approximate surface area is 230 Å². The van der Waals surface area contributed by atoms with Gasteiger partial charge in [0.1, 0.15) is 0 Å². The van der Waals surface area contributed by atoms with E-state index in [0.717, 1.165) is 11.4 Å². The molecule has 2 aromatic heterocycles. The van der Waals surface area contributed by atoms with Crippen molar-refractivity contribution in [1.29, 1.82) is 0 Å². The third-order valence-electron chi connectivity index (χ3n) is 7.57. The number of rotatable bonds is 4. The Morgan fingerprint density at radius 1 is 0.462 bits per heavy atom. The number of benzene rings is 6. The number of fused-ring (bicyclic) bond motifs is 6. The van der Waals surface area contributed by atoms with Gasteiger partial charge in [0.05, 0.1) is 27.1 Å². The van der Waals surface area contributed by atoms with Crippen molar-refractivity contribution in [3.8, 4) is 5.69 Å². The Bertz CT molecular complexity index is 2030. The van der Waals surface area contributed by atoms with Crippen LogP contribution in [0.5, 0.6) is 0 Å². The number of thiophene rings is 1. The first kappa shape index (κ1) is 22.2. The van der Waals surface area contributed by atoms with Gasteiger partial charge in [-0.15, -0.1) is 11.3 Å². The number of para-hydroxylation sites is 4. The summed E-state index contributed by atoms with van der Waals surface area (Å²) >= 11 is 1.88. The molecule has 0 aliphatic heterocycles. The van der Waals surface area contributed by atoms with Crippen molar-refractivity contribution in [2.75, 3.05) is 4.90 Å². The molecule has 0 radical (unpaired) electrons. The molecule has 39 heavy (non-hydrogen) atoms. The third kappa shape index (κ3) is 3.41. The Morgan fingerprint density at radius 3 is 1.64 bits per heavy atom. The lowest BCUT2D eigenvalue weighted by atomic mass is 10.1. The van der Waals surface area contributed by atoms with E-state index in [4.69, 9.17) is 0 Å². The Morgan fingerprint density at radius 2 is 1.00 bits per heavy atom. The second kappa shape index (κ2) is 8.87. The molecule has 0 N–H and O–H groups in total. The molecule has 0 amide bonds. The van der Waals surface area contributed by atoms with E-state index < -0.39 is 0 Å². The molecule has 6 aromatic carbocycles. The van der Waals surface area contributed by atoms with E-state index in [1.54, 1.807) is 0 Å². The van der Waals surface area contributed by atoms with Gasteiger partial charge in [0.25, 0.3) is 0 Å². The SMILES string of the molecule is c1ccc(N(c2ccccc2)c2cccc3sc4c(-n5c6ccccc6c6ccccc65)cccc4c23)cc1. The van der Waals surface area contributed by atoms with Gasteiger partial charge < -0.3 is 9.47 Å². The fourth-order valence-electron chi connectivity index (χ4n) is 5.94. The number of hydrogen-bond donors (Lipinski definition) is 0. The topological polar surface area (TPSA) is 8.17 Å². The van der Waals surface area contributed by atoms with Crippen molar-refractivity contribution in [3.63, 3.8) is 0 Å².